The number of hydrogen-bond acceptors (Lipinski definition) is 3. The molecule has 0 spiro atoms. The maximum atomic E-state index is 11.8. The predicted molar refractivity (Wildman–Crippen MR) is 51.3 cm³/mol. The number of amides is 1. The maximum absolute atomic E-state index is 11.8. The van der Waals surface area contributed by atoms with Crippen LogP contribution in [-0.2, 0) is 14.3 Å². The lowest BCUT2D eigenvalue weighted by Crippen LogP contribution is -2.38. The summed E-state index contributed by atoms with van der Waals surface area (Å²) in [6, 6.07) is 0. The third-order valence-electron chi connectivity index (χ3n) is 2.70. The summed E-state index contributed by atoms with van der Waals surface area (Å²) < 4.78 is 5.18. The number of ether oxygens (including phenoxy) is 1. The minimum atomic E-state index is -0.982. The minimum Gasteiger partial charge on any atom is -0.479 e. The zero-order chi connectivity index (χ0) is 10.8. The molecule has 1 fully saturated rings. The third kappa shape index (κ3) is 2.02. The third-order valence-corrected chi connectivity index (χ3v) is 2.70. The molecule has 1 amide bonds. The fourth-order valence-corrected chi connectivity index (χ4v) is 1.86. The van der Waals surface area contributed by atoms with Crippen LogP contribution in [0.4, 0.5) is 0 Å². The predicted octanol–water partition coefficient (Wildman–Crippen LogP) is 0.0170. The van der Waals surface area contributed by atoms with E-state index in [-0.39, 0.29) is 5.91 Å². The molecule has 0 aromatic rings. The van der Waals surface area contributed by atoms with Gasteiger partial charge in [-0.15, -0.1) is 0 Å². The first-order valence-electron chi connectivity index (χ1n) is 5.00. The quantitative estimate of drug-likeness (QED) is 0.654. The van der Waals surface area contributed by atoms with Gasteiger partial charge in [0.15, 0.2) is 6.10 Å². The second kappa shape index (κ2) is 4.02. The molecule has 2 rings (SSSR count). The van der Waals surface area contributed by atoms with Crippen LogP contribution in [0.25, 0.3) is 0 Å². The number of carboxylic acids is 1. The Labute approximate surface area is 87.3 Å². The molecule has 0 aromatic heterocycles. The summed E-state index contributed by atoms with van der Waals surface area (Å²) in [5, 5.41) is 8.72. The summed E-state index contributed by atoms with van der Waals surface area (Å²) in [6.45, 7) is 1.22. The molecule has 2 aliphatic heterocycles. The van der Waals surface area contributed by atoms with Crippen LogP contribution in [0.15, 0.2) is 12.2 Å². The molecular weight excluding hydrogens is 198 g/mol. The van der Waals surface area contributed by atoms with E-state index in [9.17, 15) is 9.59 Å². The van der Waals surface area contributed by atoms with Crippen LogP contribution >= 0.6 is 0 Å². The van der Waals surface area contributed by atoms with Crippen molar-refractivity contribution in [3.05, 3.63) is 12.2 Å². The molecular formula is C10H13NO4. The first-order valence-corrected chi connectivity index (χ1v) is 5.00. The molecule has 0 aliphatic carbocycles. The summed E-state index contributed by atoms with van der Waals surface area (Å²) >= 11 is 0. The van der Waals surface area contributed by atoms with Crippen molar-refractivity contribution in [1.29, 1.82) is 0 Å². The van der Waals surface area contributed by atoms with Crippen molar-refractivity contribution in [3.8, 4) is 0 Å². The van der Waals surface area contributed by atoms with E-state index in [1.807, 2.05) is 12.2 Å². The zero-order valence-corrected chi connectivity index (χ0v) is 8.26. The van der Waals surface area contributed by atoms with E-state index in [4.69, 9.17) is 9.84 Å². The second-order valence-corrected chi connectivity index (χ2v) is 3.74. The van der Waals surface area contributed by atoms with Crippen molar-refractivity contribution in [2.24, 2.45) is 0 Å². The second-order valence-electron chi connectivity index (χ2n) is 3.74. The lowest BCUT2D eigenvalue weighted by Gasteiger charge is -2.19. The molecule has 2 unspecified atom stereocenters. The van der Waals surface area contributed by atoms with E-state index in [1.54, 1.807) is 4.90 Å². The van der Waals surface area contributed by atoms with Crippen LogP contribution in [0.1, 0.15) is 12.8 Å². The number of nitrogens with zero attached hydrogens (tertiary/aromatic N) is 1. The Morgan fingerprint density at radius 2 is 1.80 bits per heavy atom. The fraction of sp³-hybridized carbons (Fsp3) is 0.600. The van der Waals surface area contributed by atoms with Crippen molar-refractivity contribution in [2.75, 3.05) is 13.1 Å². The highest BCUT2D eigenvalue weighted by atomic mass is 16.5. The molecule has 5 nitrogen and oxygen atoms in total. The number of aliphatic carboxylic acids is 1. The average molecular weight is 211 g/mol. The Bertz CT molecular complexity index is 305. The van der Waals surface area contributed by atoms with Gasteiger partial charge in [0.1, 0.15) is 6.10 Å². The van der Waals surface area contributed by atoms with E-state index < -0.39 is 18.2 Å². The summed E-state index contributed by atoms with van der Waals surface area (Å²) in [4.78, 5) is 24.1. The van der Waals surface area contributed by atoms with Gasteiger partial charge in [0.2, 0.25) is 0 Å². The van der Waals surface area contributed by atoms with Crippen molar-refractivity contribution in [2.45, 2.75) is 25.0 Å². The van der Waals surface area contributed by atoms with Crippen molar-refractivity contribution < 1.29 is 19.4 Å². The fourth-order valence-electron chi connectivity index (χ4n) is 1.86. The first kappa shape index (κ1) is 10.2. The van der Waals surface area contributed by atoms with Gasteiger partial charge in [0.25, 0.3) is 5.91 Å². The highest BCUT2D eigenvalue weighted by Crippen LogP contribution is 2.22. The van der Waals surface area contributed by atoms with E-state index in [1.165, 1.54) is 0 Å². The summed E-state index contributed by atoms with van der Waals surface area (Å²) in [5.41, 5.74) is 0. The molecule has 2 heterocycles. The number of hydrogen-bond donors (Lipinski definition) is 1. The van der Waals surface area contributed by atoms with E-state index >= 15 is 0 Å². The van der Waals surface area contributed by atoms with Gasteiger partial charge in [-0.05, 0) is 12.8 Å². The van der Waals surface area contributed by atoms with E-state index in [2.05, 4.69) is 0 Å². The molecule has 82 valence electrons. The monoisotopic (exact) mass is 211 g/mol. The first-order chi connectivity index (χ1) is 7.18. The highest BCUT2D eigenvalue weighted by Gasteiger charge is 2.36. The molecule has 15 heavy (non-hydrogen) atoms. The van der Waals surface area contributed by atoms with Crippen LogP contribution in [0.2, 0.25) is 0 Å². The lowest BCUT2D eigenvalue weighted by atomic mass is 10.2. The van der Waals surface area contributed by atoms with Gasteiger partial charge in [0, 0.05) is 13.1 Å². The van der Waals surface area contributed by atoms with Gasteiger partial charge in [-0.2, -0.15) is 0 Å². The number of carboxylic acid groups (broad SMARTS) is 1. The molecule has 2 aliphatic rings. The van der Waals surface area contributed by atoms with Gasteiger partial charge in [0.05, 0.1) is 0 Å². The Hall–Kier alpha value is -1.36. The Morgan fingerprint density at radius 1 is 1.20 bits per heavy atom. The Morgan fingerprint density at radius 3 is 2.33 bits per heavy atom. The van der Waals surface area contributed by atoms with Crippen molar-refractivity contribution in [1.82, 2.24) is 4.90 Å². The lowest BCUT2D eigenvalue weighted by molar-refractivity contribution is -0.154. The Kier molecular flexibility index (Phi) is 2.73. The van der Waals surface area contributed by atoms with Gasteiger partial charge in [-0.1, -0.05) is 12.2 Å². The molecule has 0 aromatic carbocycles. The smallest absolute Gasteiger partial charge is 0.332 e. The van der Waals surface area contributed by atoms with Crippen LogP contribution in [0.3, 0.4) is 0 Å². The number of carbonyl (C=O) groups is 2. The zero-order valence-electron chi connectivity index (χ0n) is 8.26. The van der Waals surface area contributed by atoms with Gasteiger partial charge < -0.3 is 14.7 Å². The molecule has 0 saturated carbocycles. The molecule has 1 saturated heterocycles. The Balaban J connectivity index is 1.90. The average Bonchev–Trinajstić information content (AvgIpc) is 2.88. The number of rotatable bonds is 2. The van der Waals surface area contributed by atoms with Gasteiger partial charge in [-0.3, -0.25) is 4.79 Å². The summed E-state index contributed by atoms with van der Waals surface area (Å²) in [5.74, 6) is -1.08. The molecule has 5 heteroatoms. The van der Waals surface area contributed by atoms with Crippen LogP contribution in [0, 0.1) is 0 Å². The topological polar surface area (TPSA) is 66.8 Å². The largest absolute Gasteiger partial charge is 0.479 e. The SMILES string of the molecule is O=C(O)C1CCC(C(=O)N2CC=CC2)O1. The van der Waals surface area contributed by atoms with Crippen molar-refractivity contribution in [3.63, 3.8) is 0 Å². The van der Waals surface area contributed by atoms with Crippen LogP contribution < -0.4 is 0 Å². The molecule has 2 atom stereocenters. The van der Waals surface area contributed by atoms with Crippen LogP contribution in [-0.4, -0.2) is 47.2 Å². The van der Waals surface area contributed by atoms with Crippen molar-refractivity contribution >= 4 is 11.9 Å². The number of carbonyl (C=O) groups excluding carboxylic acids is 1. The maximum Gasteiger partial charge on any atom is 0.332 e. The van der Waals surface area contributed by atoms with E-state index in [0.717, 1.165) is 0 Å². The minimum absolute atomic E-state index is 0.0937. The van der Waals surface area contributed by atoms with E-state index in [0.29, 0.717) is 25.9 Å². The molecule has 0 bridgehead atoms. The standard InChI is InChI=1S/C10H13NO4/c12-9(11-5-1-2-6-11)7-3-4-8(15-7)10(13)14/h1-2,7-8H,3-6H2,(H,13,14). The molecule has 0 radical (unpaired) electrons. The normalized spacial score (nSPS) is 29.7. The van der Waals surface area contributed by atoms with Gasteiger partial charge in [-0.25, -0.2) is 4.79 Å². The van der Waals surface area contributed by atoms with Gasteiger partial charge >= 0.3 is 5.97 Å². The summed E-state index contributed by atoms with van der Waals surface area (Å²) in [6.07, 6.45) is 3.39. The molecule has 1 N–H and O–H groups in total. The highest BCUT2D eigenvalue weighted by molar-refractivity contribution is 5.83. The summed E-state index contributed by atoms with van der Waals surface area (Å²) in [7, 11) is 0. The van der Waals surface area contributed by atoms with Crippen LogP contribution in [0.5, 0.6) is 0 Å².